The van der Waals surface area contributed by atoms with Crippen LogP contribution in [0.4, 0.5) is 22.0 Å². The number of phenols is 1. The molecule has 8 atom stereocenters. The summed E-state index contributed by atoms with van der Waals surface area (Å²) in [5.41, 5.74) is 2.17. The van der Waals surface area contributed by atoms with Crippen molar-refractivity contribution >= 4 is 10.8 Å². The molecule has 1 aromatic carbocycles. The van der Waals surface area contributed by atoms with Gasteiger partial charge in [-0.1, -0.05) is 25.8 Å². The number of fused-ring (bicyclic) bond motifs is 6. The molecule has 0 aromatic heterocycles. The van der Waals surface area contributed by atoms with Crippen LogP contribution in [-0.4, -0.2) is 74.3 Å². The summed E-state index contributed by atoms with van der Waals surface area (Å²) in [6.45, 7) is 3.89. The normalized spacial score (nSPS) is 32.8. The van der Waals surface area contributed by atoms with Gasteiger partial charge in [0.1, 0.15) is 5.75 Å². The fourth-order valence-corrected chi connectivity index (χ4v) is 10.7. The minimum absolute atomic E-state index is 0.0480. The van der Waals surface area contributed by atoms with Crippen LogP contribution in [0.15, 0.2) is 18.2 Å². The minimum Gasteiger partial charge on any atom is -0.508 e. The summed E-state index contributed by atoms with van der Waals surface area (Å²) in [7, 11) is 0.541. The lowest BCUT2D eigenvalue weighted by Crippen LogP contribution is -2.47. The van der Waals surface area contributed by atoms with E-state index in [9.17, 15) is 41.5 Å². The monoisotopic (exact) mass is 663 g/mol. The Morgan fingerprint density at radius 1 is 0.956 bits per heavy atom. The molecule has 0 amide bonds. The Morgan fingerprint density at radius 2 is 1.64 bits per heavy atom. The number of alkyl halides is 5. The maximum atomic E-state index is 13.0. The molecule has 3 N–H and O–H groups in total. The number of hydrogen-bond acceptors (Lipinski definition) is 5. The molecule has 1 spiro atoms. The summed E-state index contributed by atoms with van der Waals surface area (Å²) in [5, 5.41) is 33.2. The Bertz CT molecular complexity index is 1210. The van der Waals surface area contributed by atoms with E-state index in [1.54, 1.807) is 12.1 Å². The summed E-state index contributed by atoms with van der Waals surface area (Å²) in [6.07, 6.45) is 1.23. The maximum Gasteiger partial charge on any atom is 0.453 e. The van der Waals surface area contributed by atoms with Gasteiger partial charge >= 0.3 is 12.1 Å². The molecule has 11 heteroatoms. The van der Waals surface area contributed by atoms with Crippen LogP contribution >= 0.6 is 0 Å². The lowest BCUT2D eigenvalue weighted by Gasteiger charge is -2.55. The zero-order chi connectivity index (χ0) is 32.8. The largest absolute Gasteiger partial charge is 0.508 e. The number of phenolic OH excluding ortho intramolecular Hbond substituents is 1. The van der Waals surface area contributed by atoms with E-state index >= 15 is 0 Å². The number of unbranched alkanes of at least 4 members (excludes halogenated alkanes) is 2. The third-order valence-corrected chi connectivity index (χ3v) is 13.7. The van der Waals surface area contributed by atoms with Crippen molar-refractivity contribution < 1.29 is 41.5 Å². The van der Waals surface area contributed by atoms with Gasteiger partial charge in [0.15, 0.2) is 0 Å². The summed E-state index contributed by atoms with van der Waals surface area (Å²) in [4.78, 5) is 2.13. The number of aliphatic hydroxyl groups excluding tert-OH is 2. The van der Waals surface area contributed by atoms with Gasteiger partial charge in [0.25, 0.3) is 0 Å². The third-order valence-electron chi connectivity index (χ3n) is 12.2. The number of nitrogens with zero attached hydrogens (tertiary/aromatic N) is 1. The number of rotatable bonds is 14. The first-order chi connectivity index (χ1) is 21.1. The molecule has 0 saturated heterocycles. The van der Waals surface area contributed by atoms with Crippen molar-refractivity contribution in [2.75, 3.05) is 31.6 Å². The van der Waals surface area contributed by atoms with Gasteiger partial charge in [0, 0.05) is 34.1 Å². The van der Waals surface area contributed by atoms with E-state index in [-0.39, 0.29) is 40.1 Å². The maximum absolute atomic E-state index is 13.0. The van der Waals surface area contributed by atoms with E-state index in [2.05, 4.69) is 11.8 Å². The van der Waals surface area contributed by atoms with E-state index in [1.165, 1.54) is 0 Å². The van der Waals surface area contributed by atoms with Crippen LogP contribution in [0.5, 0.6) is 5.75 Å². The van der Waals surface area contributed by atoms with Crippen LogP contribution in [0.2, 0.25) is 0 Å². The van der Waals surface area contributed by atoms with E-state index in [0.29, 0.717) is 30.7 Å². The number of halogens is 5. The molecule has 0 radical (unpaired) electrons. The van der Waals surface area contributed by atoms with Crippen molar-refractivity contribution in [3.8, 4) is 5.75 Å². The molecule has 0 heterocycles. The molecule has 1 aromatic rings. The van der Waals surface area contributed by atoms with E-state index in [4.69, 9.17) is 0 Å². The van der Waals surface area contributed by atoms with Crippen molar-refractivity contribution in [2.45, 2.75) is 114 Å². The SMILES string of the molecule is CN(CCCCC[C@H]1C2C(CC[C@@]3(C)C2CC(O)C32CC2)c2ccc(O)cc2[C@H]1O)CCCS(=O)CCCC(F)(F)C(F)(F)F. The lowest BCUT2D eigenvalue weighted by atomic mass is 9.50. The number of hydrogen-bond donors (Lipinski definition) is 3. The molecule has 5 nitrogen and oxygen atoms in total. The Morgan fingerprint density at radius 3 is 2.33 bits per heavy atom. The zero-order valence-electron chi connectivity index (χ0n) is 26.5. The standard InChI is InChI=1S/C34H50F5NO4S/c1-31-13-11-24-23-10-9-22(41)20-26(23)30(43)25(29(24)27(31)21-28(42)32(31)14-15-32)8-4-3-5-16-40(2)17-7-19-45(44)18-6-12-33(35,36)34(37,38)39/h9-10,20,24-25,27-30,41-43H,3-8,11-19,21H2,1-2H3/t24?,25-,27?,28?,29?,30-,31-,45?/m0/s1. The summed E-state index contributed by atoms with van der Waals surface area (Å²) in [5.74, 6) is -3.39. The molecule has 4 aliphatic rings. The van der Waals surface area contributed by atoms with E-state index < -0.39 is 41.8 Å². The molecule has 4 aliphatic carbocycles. The quantitative estimate of drug-likeness (QED) is 0.144. The second-order valence-corrected chi connectivity index (χ2v) is 16.4. The fraction of sp³-hybridized carbons (Fsp3) is 0.824. The van der Waals surface area contributed by atoms with E-state index in [0.717, 1.165) is 75.5 Å². The smallest absolute Gasteiger partial charge is 0.453 e. The Hall–Kier alpha value is -1.30. The summed E-state index contributed by atoms with van der Waals surface area (Å²) < 4.78 is 75.0. The molecular formula is C34H50F5NO4S. The molecule has 3 saturated carbocycles. The van der Waals surface area contributed by atoms with Crippen molar-refractivity contribution in [3.63, 3.8) is 0 Å². The molecule has 256 valence electrons. The predicted molar refractivity (Wildman–Crippen MR) is 165 cm³/mol. The fourth-order valence-electron chi connectivity index (χ4n) is 9.61. The molecule has 3 fully saturated rings. The first-order valence-electron chi connectivity index (χ1n) is 16.8. The van der Waals surface area contributed by atoms with Crippen LogP contribution in [0.1, 0.15) is 107 Å². The first-order valence-corrected chi connectivity index (χ1v) is 18.3. The lowest BCUT2D eigenvalue weighted by molar-refractivity contribution is -0.284. The Labute approximate surface area is 266 Å². The van der Waals surface area contributed by atoms with Gasteiger partial charge in [-0.25, -0.2) is 0 Å². The molecule has 5 rings (SSSR count). The average molecular weight is 664 g/mol. The van der Waals surface area contributed by atoms with Gasteiger partial charge in [-0.05, 0) is 130 Å². The van der Waals surface area contributed by atoms with Gasteiger partial charge in [0.05, 0.1) is 12.2 Å². The van der Waals surface area contributed by atoms with Gasteiger partial charge < -0.3 is 20.2 Å². The first kappa shape index (κ1) is 35.0. The van der Waals surface area contributed by atoms with Crippen LogP contribution in [0, 0.1) is 28.6 Å². The molecule has 0 bridgehead atoms. The highest BCUT2D eigenvalue weighted by Gasteiger charge is 2.71. The number of benzene rings is 1. The van der Waals surface area contributed by atoms with Crippen molar-refractivity contribution in [2.24, 2.45) is 28.6 Å². The second kappa shape index (κ2) is 13.3. The molecular weight excluding hydrogens is 613 g/mol. The van der Waals surface area contributed by atoms with Gasteiger partial charge in [-0.15, -0.1) is 0 Å². The average Bonchev–Trinajstić information content (AvgIpc) is 3.74. The van der Waals surface area contributed by atoms with E-state index in [1.807, 2.05) is 13.1 Å². The van der Waals surface area contributed by atoms with Crippen LogP contribution in [0.25, 0.3) is 0 Å². The summed E-state index contributed by atoms with van der Waals surface area (Å²) in [6, 6.07) is 5.47. The Kier molecular flexibility index (Phi) is 10.4. The zero-order valence-corrected chi connectivity index (χ0v) is 27.3. The third kappa shape index (κ3) is 6.84. The van der Waals surface area contributed by atoms with Gasteiger partial charge in [0.2, 0.25) is 0 Å². The van der Waals surface area contributed by atoms with Gasteiger partial charge in [-0.2, -0.15) is 22.0 Å². The van der Waals surface area contributed by atoms with Crippen LogP contribution in [0.3, 0.4) is 0 Å². The van der Waals surface area contributed by atoms with Crippen LogP contribution < -0.4 is 0 Å². The highest BCUT2D eigenvalue weighted by molar-refractivity contribution is 7.84. The molecule has 5 unspecified atom stereocenters. The number of aromatic hydroxyl groups is 1. The minimum atomic E-state index is -5.57. The van der Waals surface area contributed by atoms with Gasteiger partial charge in [-0.3, -0.25) is 4.21 Å². The predicted octanol–water partition coefficient (Wildman–Crippen LogP) is 7.33. The molecule has 45 heavy (non-hydrogen) atoms. The van der Waals surface area contributed by atoms with Crippen molar-refractivity contribution in [3.05, 3.63) is 29.3 Å². The number of aliphatic hydroxyl groups is 2. The van der Waals surface area contributed by atoms with Crippen molar-refractivity contribution in [1.29, 1.82) is 0 Å². The topological polar surface area (TPSA) is 81.0 Å². The highest BCUT2D eigenvalue weighted by atomic mass is 32.2. The Balaban J connectivity index is 1.09. The second-order valence-electron chi connectivity index (χ2n) is 14.7. The highest BCUT2D eigenvalue weighted by Crippen LogP contribution is 2.76. The van der Waals surface area contributed by atoms with Crippen molar-refractivity contribution in [1.82, 2.24) is 4.90 Å². The van der Waals surface area contributed by atoms with Crippen LogP contribution in [-0.2, 0) is 10.8 Å². The molecule has 0 aliphatic heterocycles. The summed E-state index contributed by atoms with van der Waals surface area (Å²) >= 11 is 0.